The predicted molar refractivity (Wildman–Crippen MR) is 155 cm³/mol. The van der Waals surface area contributed by atoms with Gasteiger partial charge in [0.2, 0.25) is 14.8 Å². The molecule has 196 valence electrons. The van der Waals surface area contributed by atoms with E-state index in [2.05, 4.69) is 29.4 Å². The number of halogens is 1. The van der Waals surface area contributed by atoms with E-state index in [0.717, 1.165) is 26.7 Å². The summed E-state index contributed by atoms with van der Waals surface area (Å²) in [5.41, 5.74) is 5.00. The maximum absolute atomic E-state index is 13.8. The Morgan fingerprint density at radius 2 is 1.51 bits per heavy atom. The van der Waals surface area contributed by atoms with Crippen LogP contribution in [0.5, 0.6) is 0 Å². The molecular formula is C30H25FN4O2S2. The molecule has 0 atom stereocenters. The summed E-state index contributed by atoms with van der Waals surface area (Å²) in [6.45, 7) is 0. The molecule has 5 aromatic rings. The van der Waals surface area contributed by atoms with Crippen LogP contribution in [0.15, 0.2) is 123 Å². The maximum atomic E-state index is 13.8. The average Bonchev–Trinajstić information content (AvgIpc) is 3.34. The van der Waals surface area contributed by atoms with Crippen LogP contribution in [-0.4, -0.2) is 37.7 Å². The number of thiazole rings is 1. The van der Waals surface area contributed by atoms with E-state index in [9.17, 15) is 12.8 Å². The highest BCUT2D eigenvalue weighted by Crippen LogP contribution is 2.26. The summed E-state index contributed by atoms with van der Waals surface area (Å²) >= 11 is 1.37. The van der Waals surface area contributed by atoms with E-state index in [0.29, 0.717) is 16.1 Å². The van der Waals surface area contributed by atoms with Crippen molar-refractivity contribution in [3.63, 3.8) is 0 Å². The van der Waals surface area contributed by atoms with Gasteiger partial charge < -0.3 is 0 Å². The highest BCUT2D eigenvalue weighted by atomic mass is 32.2. The molecule has 0 amide bonds. The van der Waals surface area contributed by atoms with Crippen molar-refractivity contribution in [1.82, 2.24) is 8.98 Å². The van der Waals surface area contributed by atoms with Crippen molar-refractivity contribution in [3.05, 3.63) is 125 Å². The minimum Gasteiger partial charge on any atom is -0.220 e. The fourth-order valence-electron chi connectivity index (χ4n) is 3.90. The summed E-state index contributed by atoms with van der Waals surface area (Å²) in [6, 6.07) is 30.9. The lowest BCUT2D eigenvalue weighted by atomic mass is 10.0. The summed E-state index contributed by atoms with van der Waals surface area (Å²) in [6.07, 6.45) is 1.57. The molecule has 0 N–H and O–H groups in total. The number of aromatic nitrogens is 1. The molecule has 39 heavy (non-hydrogen) atoms. The molecule has 0 aliphatic carbocycles. The molecule has 0 aliphatic heterocycles. The molecule has 0 radical (unpaired) electrons. The molecule has 9 heteroatoms. The van der Waals surface area contributed by atoms with Crippen LogP contribution in [0.3, 0.4) is 0 Å². The average molecular weight is 557 g/mol. The zero-order valence-corrected chi connectivity index (χ0v) is 22.9. The molecule has 0 saturated carbocycles. The molecule has 6 nitrogen and oxygen atoms in total. The van der Waals surface area contributed by atoms with Crippen LogP contribution >= 0.6 is 11.3 Å². The third-order valence-electron chi connectivity index (χ3n) is 5.97. The first-order chi connectivity index (χ1) is 18.8. The van der Waals surface area contributed by atoms with Gasteiger partial charge in [-0.25, -0.2) is 26.8 Å². The number of benzene rings is 4. The first-order valence-corrected chi connectivity index (χ1v) is 14.4. The third kappa shape index (κ3) is 5.96. The number of sulfonamides is 1. The van der Waals surface area contributed by atoms with Gasteiger partial charge in [0.1, 0.15) is 5.82 Å². The number of rotatable bonds is 7. The Morgan fingerprint density at radius 3 is 2.23 bits per heavy atom. The lowest BCUT2D eigenvalue weighted by Gasteiger charge is -2.11. The van der Waals surface area contributed by atoms with Gasteiger partial charge in [-0.2, -0.15) is 5.10 Å². The number of nitrogens with zero attached hydrogens (tertiary/aromatic N) is 4. The Hall–Kier alpha value is -4.18. The zero-order chi connectivity index (χ0) is 27.4. The molecule has 0 aliphatic rings. The van der Waals surface area contributed by atoms with Crippen molar-refractivity contribution in [1.29, 1.82) is 0 Å². The highest BCUT2D eigenvalue weighted by Gasteiger charge is 2.17. The second kappa shape index (κ2) is 11.3. The van der Waals surface area contributed by atoms with Crippen LogP contribution in [0.2, 0.25) is 0 Å². The molecule has 0 fully saturated rings. The Kier molecular flexibility index (Phi) is 7.65. The SMILES string of the molecule is CN(C)S(=O)(=O)c1cccc(N=c2scc(-c3ccc(-c4ccccc4)cc3)n2/N=C\c2cccc(F)c2)c1. The number of hydrogen-bond acceptors (Lipinski definition) is 5. The van der Waals surface area contributed by atoms with Gasteiger partial charge in [0, 0.05) is 25.0 Å². The Bertz CT molecular complexity index is 1810. The second-order valence-electron chi connectivity index (χ2n) is 8.85. The van der Waals surface area contributed by atoms with Crippen molar-refractivity contribution in [2.24, 2.45) is 10.1 Å². The van der Waals surface area contributed by atoms with Crippen molar-refractivity contribution in [2.75, 3.05) is 14.1 Å². The largest absolute Gasteiger partial charge is 0.242 e. The van der Waals surface area contributed by atoms with Crippen molar-refractivity contribution >= 4 is 33.3 Å². The Balaban J connectivity index is 1.60. The van der Waals surface area contributed by atoms with Crippen LogP contribution in [-0.2, 0) is 10.0 Å². The summed E-state index contributed by atoms with van der Waals surface area (Å²) in [5, 5.41) is 6.59. The van der Waals surface area contributed by atoms with E-state index < -0.39 is 10.0 Å². The van der Waals surface area contributed by atoms with Crippen LogP contribution in [0, 0.1) is 5.82 Å². The minimum absolute atomic E-state index is 0.150. The van der Waals surface area contributed by atoms with Gasteiger partial charge in [-0.15, -0.1) is 11.3 Å². The summed E-state index contributed by atoms with van der Waals surface area (Å²) in [5.74, 6) is -0.352. The predicted octanol–water partition coefficient (Wildman–Crippen LogP) is 6.39. The van der Waals surface area contributed by atoms with Crippen molar-refractivity contribution in [2.45, 2.75) is 4.90 Å². The normalized spacial score (nSPS) is 12.5. The molecule has 4 aromatic carbocycles. The summed E-state index contributed by atoms with van der Waals surface area (Å²) in [4.78, 5) is 5.41. The molecule has 0 unspecified atom stereocenters. The van der Waals surface area contributed by atoms with E-state index in [-0.39, 0.29) is 10.7 Å². The lowest BCUT2D eigenvalue weighted by Crippen LogP contribution is -2.22. The van der Waals surface area contributed by atoms with E-state index in [4.69, 9.17) is 4.99 Å². The molecule has 0 saturated heterocycles. The van der Waals surface area contributed by atoms with Gasteiger partial charge in [0.25, 0.3) is 0 Å². The molecule has 5 rings (SSSR count). The monoisotopic (exact) mass is 556 g/mol. The molecule has 1 aromatic heterocycles. The van der Waals surface area contributed by atoms with Gasteiger partial charge in [-0.05, 0) is 47.0 Å². The van der Waals surface area contributed by atoms with E-state index in [1.807, 2.05) is 35.7 Å². The highest BCUT2D eigenvalue weighted by molar-refractivity contribution is 7.89. The summed E-state index contributed by atoms with van der Waals surface area (Å²) in [7, 11) is -0.634. The van der Waals surface area contributed by atoms with Gasteiger partial charge in [-0.1, -0.05) is 72.8 Å². The molecule has 0 spiro atoms. The molecule has 0 bridgehead atoms. The van der Waals surface area contributed by atoms with Gasteiger partial charge in [0.05, 0.1) is 22.5 Å². The van der Waals surface area contributed by atoms with Crippen LogP contribution < -0.4 is 4.80 Å². The smallest absolute Gasteiger partial charge is 0.220 e. The molecule has 1 heterocycles. The van der Waals surface area contributed by atoms with Crippen LogP contribution in [0.1, 0.15) is 5.56 Å². The fraction of sp³-hybridized carbons (Fsp3) is 0.0667. The van der Waals surface area contributed by atoms with Crippen LogP contribution in [0.25, 0.3) is 22.4 Å². The quantitative estimate of drug-likeness (QED) is 0.218. The summed E-state index contributed by atoms with van der Waals surface area (Å²) < 4.78 is 41.9. The van der Waals surface area contributed by atoms with Gasteiger partial charge >= 0.3 is 0 Å². The number of hydrogen-bond donors (Lipinski definition) is 0. The lowest BCUT2D eigenvalue weighted by molar-refractivity contribution is 0.521. The second-order valence-corrected chi connectivity index (χ2v) is 11.8. The standard InChI is InChI=1S/C30H25FN4O2S2/c1-34(2)39(36,37)28-13-7-12-27(19-28)33-30-35(32-20-22-8-6-11-26(31)18-22)29(21-38-30)25-16-14-24(15-17-25)23-9-4-3-5-10-23/h3-21H,1-2H3/b32-20-,33-30?. The van der Waals surface area contributed by atoms with E-state index in [1.54, 1.807) is 41.2 Å². The van der Waals surface area contributed by atoms with E-state index in [1.165, 1.54) is 43.6 Å². The Labute approximate surface area is 230 Å². The van der Waals surface area contributed by atoms with Crippen molar-refractivity contribution < 1.29 is 12.8 Å². The van der Waals surface area contributed by atoms with Crippen LogP contribution in [0.4, 0.5) is 10.1 Å². The van der Waals surface area contributed by atoms with Gasteiger partial charge in [0.15, 0.2) is 0 Å². The maximum Gasteiger partial charge on any atom is 0.242 e. The van der Waals surface area contributed by atoms with Gasteiger partial charge in [-0.3, -0.25) is 0 Å². The van der Waals surface area contributed by atoms with E-state index >= 15 is 0 Å². The van der Waals surface area contributed by atoms with Crippen molar-refractivity contribution in [3.8, 4) is 22.4 Å². The minimum atomic E-state index is -3.61. The fourth-order valence-corrected chi connectivity index (χ4v) is 5.70. The first kappa shape index (κ1) is 26.4. The first-order valence-electron chi connectivity index (χ1n) is 12.0. The Morgan fingerprint density at radius 1 is 0.821 bits per heavy atom. The molecular weight excluding hydrogens is 531 g/mol. The zero-order valence-electron chi connectivity index (χ0n) is 21.3. The topological polar surface area (TPSA) is 67.0 Å². The third-order valence-corrected chi connectivity index (χ3v) is 8.59.